The van der Waals surface area contributed by atoms with Crippen LogP contribution in [0, 0.1) is 6.92 Å². The molecule has 0 bridgehead atoms. The first-order valence-corrected chi connectivity index (χ1v) is 8.66. The lowest BCUT2D eigenvalue weighted by atomic mass is 9.69. The minimum atomic E-state index is -0.213. The van der Waals surface area contributed by atoms with Crippen LogP contribution in [-0.4, -0.2) is 7.11 Å². The second-order valence-electron chi connectivity index (χ2n) is 6.86. The Morgan fingerprint density at radius 1 is 0.760 bits per heavy atom. The third kappa shape index (κ3) is 2.47. The van der Waals surface area contributed by atoms with Crippen LogP contribution >= 0.6 is 0 Å². The van der Waals surface area contributed by atoms with E-state index in [9.17, 15) is 0 Å². The van der Waals surface area contributed by atoms with E-state index in [4.69, 9.17) is 4.74 Å². The van der Waals surface area contributed by atoms with E-state index in [2.05, 4.69) is 92.7 Å². The lowest BCUT2D eigenvalue weighted by Gasteiger charge is -2.33. The van der Waals surface area contributed by atoms with Crippen molar-refractivity contribution >= 4 is 12.2 Å². The van der Waals surface area contributed by atoms with Crippen molar-refractivity contribution in [3.05, 3.63) is 100 Å². The number of methoxy groups -OCH3 is 1. The number of aryl methyl sites for hydroxylation is 1. The number of hydrogen-bond acceptors (Lipinski definition) is 1. The molecule has 124 valence electrons. The molecule has 0 saturated carbocycles. The van der Waals surface area contributed by atoms with Gasteiger partial charge in [-0.25, -0.2) is 0 Å². The van der Waals surface area contributed by atoms with Gasteiger partial charge in [-0.15, -0.1) is 0 Å². The zero-order valence-electron chi connectivity index (χ0n) is 14.9. The SMILES string of the molecule is COc1ccc([C@@]2(C)c3ccccc3C=Cc3cc(C)ccc32)cc1. The molecule has 1 heteroatoms. The maximum absolute atomic E-state index is 5.36. The Morgan fingerprint density at radius 2 is 1.44 bits per heavy atom. The normalized spacial score (nSPS) is 18.2. The van der Waals surface area contributed by atoms with Crippen molar-refractivity contribution in [2.45, 2.75) is 19.3 Å². The molecule has 25 heavy (non-hydrogen) atoms. The van der Waals surface area contributed by atoms with E-state index < -0.39 is 0 Å². The molecule has 4 rings (SSSR count). The third-order valence-corrected chi connectivity index (χ3v) is 5.36. The molecule has 0 spiro atoms. The first-order valence-electron chi connectivity index (χ1n) is 8.66. The molecule has 0 aromatic heterocycles. The Balaban J connectivity index is 2.03. The predicted octanol–water partition coefficient (Wildman–Crippen LogP) is 5.84. The van der Waals surface area contributed by atoms with Gasteiger partial charge in [0, 0.05) is 5.41 Å². The molecule has 1 nitrogen and oxygen atoms in total. The predicted molar refractivity (Wildman–Crippen MR) is 105 cm³/mol. The Labute approximate surface area is 149 Å². The summed E-state index contributed by atoms with van der Waals surface area (Å²) in [6.07, 6.45) is 4.48. The molecule has 0 N–H and O–H groups in total. The van der Waals surface area contributed by atoms with Gasteiger partial charge < -0.3 is 4.74 Å². The lowest BCUT2D eigenvalue weighted by molar-refractivity contribution is 0.414. The highest BCUT2D eigenvalue weighted by Crippen LogP contribution is 2.44. The van der Waals surface area contributed by atoms with Gasteiger partial charge in [-0.05, 0) is 53.8 Å². The van der Waals surface area contributed by atoms with Gasteiger partial charge in [0.25, 0.3) is 0 Å². The van der Waals surface area contributed by atoms with E-state index in [0.717, 1.165) is 5.75 Å². The maximum Gasteiger partial charge on any atom is 0.118 e. The molecule has 3 aromatic rings. The minimum absolute atomic E-state index is 0.213. The molecule has 0 unspecified atom stereocenters. The van der Waals surface area contributed by atoms with Crippen molar-refractivity contribution in [2.75, 3.05) is 7.11 Å². The average molecular weight is 326 g/mol. The van der Waals surface area contributed by atoms with Gasteiger partial charge in [0.2, 0.25) is 0 Å². The third-order valence-electron chi connectivity index (χ3n) is 5.36. The van der Waals surface area contributed by atoms with Crippen molar-refractivity contribution in [3.63, 3.8) is 0 Å². The van der Waals surface area contributed by atoms with Crippen LogP contribution in [0.5, 0.6) is 5.75 Å². The Kier molecular flexibility index (Phi) is 3.73. The van der Waals surface area contributed by atoms with Crippen molar-refractivity contribution in [1.29, 1.82) is 0 Å². The van der Waals surface area contributed by atoms with E-state index in [0.29, 0.717) is 0 Å². The van der Waals surface area contributed by atoms with Crippen molar-refractivity contribution in [1.82, 2.24) is 0 Å². The summed E-state index contributed by atoms with van der Waals surface area (Å²) in [7, 11) is 1.71. The van der Waals surface area contributed by atoms with Gasteiger partial charge in [0.1, 0.15) is 5.75 Å². The quantitative estimate of drug-likeness (QED) is 0.574. The summed E-state index contributed by atoms with van der Waals surface area (Å²) in [4.78, 5) is 0. The fourth-order valence-corrected chi connectivity index (χ4v) is 3.93. The van der Waals surface area contributed by atoms with Crippen LogP contribution in [-0.2, 0) is 5.41 Å². The summed E-state index contributed by atoms with van der Waals surface area (Å²) in [5.41, 5.74) is 7.57. The summed E-state index contributed by atoms with van der Waals surface area (Å²) in [5, 5.41) is 0. The number of ether oxygens (including phenoxy) is 1. The van der Waals surface area contributed by atoms with Crippen LogP contribution in [0.3, 0.4) is 0 Å². The van der Waals surface area contributed by atoms with Gasteiger partial charge in [-0.2, -0.15) is 0 Å². The summed E-state index contributed by atoms with van der Waals surface area (Å²) in [6, 6.07) is 23.9. The second kappa shape index (κ2) is 5.93. The maximum atomic E-state index is 5.36. The van der Waals surface area contributed by atoms with Crippen LogP contribution in [0.4, 0.5) is 0 Å². The molecule has 0 radical (unpaired) electrons. The minimum Gasteiger partial charge on any atom is -0.497 e. The number of hydrogen-bond donors (Lipinski definition) is 0. The van der Waals surface area contributed by atoms with Crippen molar-refractivity contribution < 1.29 is 4.74 Å². The zero-order valence-corrected chi connectivity index (χ0v) is 14.9. The number of benzene rings is 3. The van der Waals surface area contributed by atoms with Crippen LogP contribution in [0.1, 0.15) is 40.3 Å². The van der Waals surface area contributed by atoms with Gasteiger partial charge in [0.05, 0.1) is 7.11 Å². The zero-order chi connectivity index (χ0) is 17.4. The fraction of sp³-hybridized carbons (Fsp3) is 0.167. The van der Waals surface area contributed by atoms with E-state index in [1.807, 2.05) is 0 Å². The number of fused-ring (bicyclic) bond motifs is 2. The van der Waals surface area contributed by atoms with E-state index >= 15 is 0 Å². The molecule has 0 aliphatic heterocycles. The summed E-state index contributed by atoms with van der Waals surface area (Å²) in [5.74, 6) is 0.886. The van der Waals surface area contributed by atoms with Crippen LogP contribution in [0.2, 0.25) is 0 Å². The molecule has 1 atom stereocenters. The van der Waals surface area contributed by atoms with Gasteiger partial charge >= 0.3 is 0 Å². The Bertz CT molecular complexity index is 950. The summed E-state index contributed by atoms with van der Waals surface area (Å²) >= 11 is 0. The smallest absolute Gasteiger partial charge is 0.118 e. The van der Waals surface area contributed by atoms with Gasteiger partial charge in [-0.1, -0.05) is 72.3 Å². The van der Waals surface area contributed by atoms with Crippen LogP contribution in [0.25, 0.3) is 12.2 Å². The van der Waals surface area contributed by atoms with Gasteiger partial charge in [0.15, 0.2) is 0 Å². The molecule has 0 heterocycles. The van der Waals surface area contributed by atoms with Crippen LogP contribution < -0.4 is 4.74 Å². The largest absolute Gasteiger partial charge is 0.497 e. The highest BCUT2D eigenvalue weighted by atomic mass is 16.5. The molecule has 0 amide bonds. The van der Waals surface area contributed by atoms with E-state index in [-0.39, 0.29) is 5.41 Å². The van der Waals surface area contributed by atoms with Crippen LogP contribution in [0.15, 0.2) is 66.7 Å². The first kappa shape index (κ1) is 15.7. The first-order chi connectivity index (χ1) is 12.1. The summed E-state index contributed by atoms with van der Waals surface area (Å²) < 4.78 is 5.36. The molecular weight excluding hydrogens is 304 g/mol. The molecule has 3 aromatic carbocycles. The molecule has 1 aliphatic carbocycles. The second-order valence-corrected chi connectivity index (χ2v) is 6.86. The average Bonchev–Trinajstić information content (AvgIpc) is 2.77. The highest BCUT2D eigenvalue weighted by Gasteiger charge is 2.35. The molecule has 1 aliphatic rings. The van der Waals surface area contributed by atoms with E-state index in [1.165, 1.54) is 33.4 Å². The molecule has 0 saturated heterocycles. The number of rotatable bonds is 2. The fourth-order valence-electron chi connectivity index (χ4n) is 3.93. The van der Waals surface area contributed by atoms with Gasteiger partial charge in [-0.3, -0.25) is 0 Å². The molecular formula is C24H22O. The Hall–Kier alpha value is -2.80. The van der Waals surface area contributed by atoms with E-state index in [1.54, 1.807) is 7.11 Å². The highest BCUT2D eigenvalue weighted by molar-refractivity contribution is 5.79. The topological polar surface area (TPSA) is 9.23 Å². The van der Waals surface area contributed by atoms with Crippen molar-refractivity contribution in [3.8, 4) is 5.75 Å². The lowest BCUT2D eigenvalue weighted by Crippen LogP contribution is -2.26. The summed E-state index contributed by atoms with van der Waals surface area (Å²) in [6.45, 7) is 4.48. The Morgan fingerprint density at radius 3 is 2.20 bits per heavy atom. The standard InChI is InChI=1S/C24H22O/c1-17-8-15-23-19(16-17)10-9-18-6-4-5-7-22(18)24(23,2)20-11-13-21(25-3)14-12-20/h4-16H,1-3H3/t24-/m0/s1. The monoisotopic (exact) mass is 326 g/mol. The van der Waals surface area contributed by atoms with Crippen molar-refractivity contribution in [2.24, 2.45) is 0 Å². The molecule has 0 fully saturated rings.